The highest BCUT2D eigenvalue weighted by Crippen LogP contribution is 2.21. The molecular formula is C14H18N2O. The fourth-order valence-corrected chi connectivity index (χ4v) is 1.70. The first-order valence-electron chi connectivity index (χ1n) is 5.97. The lowest BCUT2D eigenvalue weighted by Gasteiger charge is -2.10. The van der Waals surface area contributed by atoms with Crippen molar-refractivity contribution in [2.24, 2.45) is 0 Å². The molecule has 17 heavy (non-hydrogen) atoms. The molecule has 0 unspecified atom stereocenters. The van der Waals surface area contributed by atoms with Crippen LogP contribution in [0.5, 0.6) is 5.88 Å². The molecule has 3 nitrogen and oxygen atoms in total. The summed E-state index contributed by atoms with van der Waals surface area (Å²) in [4.78, 5) is 4.27. The Labute approximate surface area is 102 Å². The van der Waals surface area contributed by atoms with Crippen LogP contribution in [0.15, 0.2) is 36.5 Å². The fraction of sp³-hybridized carbons (Fsp3) is 0.357. The Morgan fingerprint density at radius 1 is 1.24 bits per heavy atom. The minimum atomic E-state index is 0.485. The summed E-state index contributed by atoms with van der Waals surface area (Å²) in [6, 6.07) is 10.6. The molecule has 3 heteroatoms. The summed E-state index contributed by atoms with van der Waals surface area (Å²) in [5, 5.41) is 5.54. The van der Waals surface area contributed by atoms with Crippen molar-refractivity contribution in [3.05, 3.63) is 36.5 Å². The predicted octanol–water partition coefficient (Wildman–Crippen LogP) is 2.61. The molecule has 0 bridgehead atoms. The van der Waals surface area contributed by atoms with E-state index >= 15 is 0 Å². The molecule has 1 heterocycles. The van der Waals surface area contributed by atoms with Gasteiger partial charge in [-0.2, -0.15) is 0 Å². The summed E-state index contributed by atoms with van der Waals surface area (Å²) < 4.78 is 5.70. The monoisotopic (exact) mass is 230 g/mol. The van der Waals surface area contributed by atoms with Gasteiger partial charge in [0.2, 0.25) is 5.88 Å². The summed E-state index contributed by atoms with van der Waals surface area (Å²) >= 11 is 0. The van der Waals surface area contributed by atoms with E-state index in [4.69, 9.17) is 4.74 Å². The van der Waals surface area contributed by atoms with Crippen molar-refractivity contribution < 1.29 is 4.74 Å². The third-order valence-corrected chi connectivity index (χ3v) is 2.53. The van der Waals surface area contributed by atoms with Gasteiger partial charge in [-0.15, -0.1) is 0 Å². The molecule has 0 amide bonds. The van der Waals surface area contributed by atoms with Crippen molar-refractivity contribution >= 4 is 10.8 Å². The number of nitrogens with one attached hydrogen (secondary N) is 1. The van der Waals surface area contributed by atoms with Crippen molar-refractivity contribution in [1.29, 1.82) is 0 Å². The first-order chi connectivity index (χ1) is 8.27. The smallest absolute Gasteiger partial charge is 0.221 e. The lowest BCUT2D eigenvalue weighted by atomic mass is 10.2. The first-order valence-corrected chi connectivity index (χ1v) is 5.97. The predicted molar refractivity (Wildman–Crippen MR) is 70.4 cm³/mol. The standard InChI is InChI=1S/C14H18N2O/c1-11(2)15-9-10-17-14-13-6-4-3-5-12(13)7-8-16-14/h3-8,11,15H,9-10H2,1-2H3. The van der Waals surface area contributed by atoms with Crippen molar-refractivity contribution in [3.8, 4) is 5.88 Å². The Kier molecular flexibility index (Phi) is 3.94. The zero-order valence-electron chi connectivity index (χ0n) is 10.3. The highest BCUT2D eigenvalue weighted by atomic mass is 16.5. The average Bonchev–Trinajstić information content (AvgIpc) is 2.34. The van der Waals surface area contributed by atoms with Crippen LogP contribution in [0, 0.1) is 0 Å². The normalized spacial score (nSPS) is 11.0. The fourth-order valence-electron chi connectivity index (χ4n) is 1.70. The van der Waals surface area contributed by atoms with Gasteiger partial charge in [-0.1, -0.05) is 32.0 Å². The summed E-state index contributed by atoms with van der Waals surface area (Å²) in [6.45, 7) is 5.72. The summed E-state index contributed by atoms with van der Waals surface area (Å²) in [7, 11) is 0. The third-order valence-electron chi connectivity index (χ3n) is 2.53. The lowest BCUT2D eigenvalue weighted by molar-refractivity contribution is 0.301. The minimum absolute atomic E-state index is 0.485. The molecule has 90 valence electrons. The van der Waals surface area contributed by atoms with Crippen LogP contribution in [0.25, 0.3) is 10.8 Å². The van der Waals surface area contributed by atoms with Gasteiger partial charge in [0.05, 0.1) is 0 Å². The summed E-state index contributed by atoms with van der Waals surface area (Å²) in [5.41, 5.74) is 0. The SMILES string of the molecule is CC(C)NCCOc1nccc2ccccc12. The summed E-state index contributed by atoms with van der Waals surface area (Å²) in [6.07, 6.45) is 1.79. The van der Waals surface area contributed by atoms with Crippen LogP contribution in [0.1, 0.15) is 13.8 Å². The topological polar surface area (TPSA) is 34.1 Å². The maximum atomic E-state index is 5.70. The van der Waals surface area contributed by atoms with E-state index in [-0.39, 0.29) is 0 Å². The number of fused-ring (bicyclic) bond motifs is 1. The zero-order valence-corrected chi connectivity index (χ0v) is 10.3. The molecule has 2 aromatic rings. The molecule has 2 rings (SSSR count). The quantitative estimate of drug-likeness (QED) is 0.802. The van der Waals surface area contributed by atoms with Gasteiger partial charge in [0.15, 0.2) is 0 Å². The van der Waals surface area contributed by atoms with Crippen LogP contribution >= 0.6 is 0 Å². The molecule has 1 aromatic carbocycles. The minimum Gasteiger partial charge on any atom is -0.476 e. The van der Waals surface area contributed by atoms with E-state index in [2.05, 4.69) is 30.2 Å². The van der Waals surface area contributed by atoms with Gasteiger partial charge < -0.3 is 10.1 Å². The van der Waals surface area contributed by atoms with Gasteiger partial charge in [0, 0.05) is 24.2 Å². The number of benzene rings is 1. The van der Waals surface area contributed by atoms with Gasteiger partial charge in [-0.3, -0.25) is 0 Å². The molecule has 1 aromatic heterocycles. The summed E-state index contributed by atoms with van der Waals surface area (Å²) in [5.74, 6) is 0.716. The third kappa shape index (κ3) is 3.17. The second-order valence-corrected chi connectivity index (χ2v) is 4.29. The van der Waals surface area contributed by atoms with Gasteiger partial charge in [-0.05, 0) is 17.5 Å². The Bertz CT molecular complexity index is 477. The van der Waals surface area contributed by atoms with Crippen LogP contribution in [0.3, 0.4) is 0 Å². The highest BCUT2D eigenvalue weighted by molar-refractivity contribution is 5.86. The second-order valence-electron chi connectivity index (χ2n) is 4.29. The van der Waals surface area contributed by atoms with Crippen LogP contribution in [0.4, 0.5) is 0 Å². The van der Waals surface area contributed by atoms with Gasteiger partial charge in [0.1, 0.15) is 6.61 Å². The van der Waals surface area contributed by atoms with Crippen molar-refractivity contribution in [2.45, 2.75) is 19.9 Å². The molecular weight excluding hydrogens is 212 g/mol. The van der Waals surface area contributed by atoms with E-state index in [1.54, 1.807) is 6.20 Å². The molecule has 0 radical (unpaired) electrons. The molecule has 0 aliphatic heterocycles. The van der Waals surface area contributed by atoms with Crippen molar-refractivity contribution in [3.63, 3.8) is 0 Å². The zero-order chi connectivity index (χ0) is 12.1. The molecule has 0 saturated heterocycles. The number of hydrogen-bond donors (Lipinski definition) is 1. The van der Waals surface area contributed by atoms with E-state index in [9.17, 15) is 0 Å². The van der Waals surface area contributed by atoms with Gasteiger partial charge in [-0.25, -0.2) is 4.98 Å². The largest absolute Gasteiger partial charge is 0.476 e. The number of rotatable bonds is 5. The van der Waals surface area contributed by atoms with Gasteiger partial charge >= 0.3 is 0 Å². The molecule has 0 fully saturated rings. The maximum absolute atomic E-state index is 5.70. The Hall–Kier alpha value is -1.61. The first kappa shape index (κ1) is 11.9. The van der Waals surface area contributed by atoms with Crippen LogP contribution in [0.2, 0.25) is 0 Å². The molecule has 0 atom stereocenters. The van der Waals surface area contributed by atoms with Gasteiger partial charge in [0.25, 0.3) is 0 Å². The Morgan fingerprint density at radius 3 is 2.88 bits per heavy atom. The van der Waals surface area contributed by atoms with Crippen LogP contribution < -0.4 is 10.1 Å². The van der Waals surface area contributed by atoms with Crippen LogP contribution in [-0.4, -0.2) is 24.2 Å². The second kappa shape index (κ2) is 5.64. The number of hydrogen-bond acceptors (Lipinski definition) is 3. The maximum Gasteiger partial charge on any atom is 0.221 e. The molecule has 0 spiro atoms. The van der Waals surface area contributed by atoms with E-state index < -0.39 is 0 Å². The Morgan fingerprint density at radius 2 is 2.06 bits per heavy atom. The molecule has 0 saturated carbocycles. The lowest BCUT2D eigenvalue weighted by Crippen LogP contribution is -2.27. The van der Waals surface area contributed by atoms with Crippen molar-refractivity contribution in [1.82, 2.24) is 10.3 Å². The molecule has 0 aliphatic rings. The van der Waals surface area contributed by atoms with E-state index in [0.717, 1.165) is 17.3 Å². The Balaban J connectivity index is 2.03. The van der Waals surface area contributed by atoms with Crippen molar-refractivity contribution in [2.75, 3.05) is 13.2 Å². The molecule has 1 N–H and O–H groups in total. The van der Waals surface area contributed by atoms with E-state index in [0.29, 0.717) is 18.5 Å². The number of nitrogens with zero attached hydrogens (tertiary/aromatic N) is 1. The number of pyridine rings is 1. The molecule has 0 aliphatic carbocycles. The number of ether oxygens (including phenoxy) is 1. The van der Waals surface area contributed by atoms with E-state index in [1.165, 1.54) is 0 Å². The average molecular weight is 230 g/mol. The highest BCUT2D eigenvalue weighted by Gasteiger charge is 2.02. The number of aromatic nitrogens is 1. The van der Waals surface area contributed by atoms with E-state index in [1.807, 2.05) is 24.3 Å². The van der Waals surface area contributed by atoms with Crippen LogP contribution in [-0.2, 0) is 0 Å².